The van der Waals surface area contributed by atoms with Gasteiger partial charge in [0.2, 0.25) is 15.9 Å². The highest BCUT2D eigenvalue weighted by Crippen LogP contribution is 2.28. The molecule has 1 amide bonds. The lowest BCUT2D eigenvalue weighted by Crippen LogP contribution is -2.44. The molecule has 0 aromatic heterocycles. The molecule has 6 nitrogen and oxygen atoms in total. The van der Waals surface area contributed by atoms with Crippen LogP contribution < -0.4 is 10.5 Å². The van der Waals surface area contributed by atoms with Gasteiger partial charge in [0.15, 0.2) is 0 Å². The van der Waals surface area contributed by atoms with Gasteiger partial charge in [-0.05, 0) is 54.9 Å². The Morgan fingerprint density at radius 1 is 1.23 bits per heavy atom. The summed E-state index contributed by atoms with van der Waals surface area (Å²) in [4.78, 5) is 13.7. The molecule has 1 aliphatic heterocycles. The summed E-state index contributed by atoms with van der Waals surface area (Å²) >= 11 is 0. The second kappa shape index (κ2) is 8.06. The number of amides is 1. The van der Waals surface area contributed by atoms with E-state index in [0.717, 1.165) is 43.2 Å². The zero-order valence-corrected chi connectivity index (χ0v) is 16.2. The van der Waals surface area contributed by atoms with Crippen LogP contribution in [-0.4, -0.2) is 44.9 Å². The van der Waals surface area contributed by atoms with Crippen molar-refractivity contribution in [2.45, 2.75) is 56.4 Å². The predicted molar refractivity (Wildman–Crippen MR) is 101 cm³/mol. The number of hydrogen-bond donors (Lipinski definition) is 2. The maximum absolute atomic E-state index is 12.9. The minimum atomic E-state index is -3.59. The van der Waals surface area contributed by atoms with Crippen LogP contribution in [0.25, 0.3) is 0 Å². The highest BCUT2D eigenvalue weighted by atomic mass is 32.2. The largest absolute Gasteiger partial charge is 0.342 e. The number of nitrogens with two attached hydrogens (primary N) is 1. The van der Waals surface area contributed by atoms with E-state index in [4.69, 9.17) is 5.73 Å². The van der Waals surface area contributed by atoms with Crippen molar-refractivity contribution < 1.29 is 13.2 Å². The molecule has 1 aromatic rings. The van der Waals surface area contributed by atoms with Crippen LogP contribution in [0.2, 0.25) is 0 Å². The summed E-state index contributed by atoms with van der Waals surface area (Å²) < 4.78 is 28.6. The van der Waals surface area contributed by atoms with E-state index in [1.54, 1.807) is 19.1 Å². The fourth-order valence-corrected chi connectivity index (χ4v) is 5.52. The fraction of sp³-hybridized carbons (Fsp3) is 0.632. The van der Waals surface area contributed by atoms with Crippen LogP contribution in [0.15, 0.2) is 23.1 Å². The number of fused-ring (bicyclic) bond motifs is 1. The van der Waals surface area contributed by atoms with Crippen LogP contribution >= 0.6 is 0 Å². The molecule has 26 heavy (non-hydrogen) atoms. The number of nitrogens with one attached hydrogen (secondary N) is 1. The Kier molecular flexibility index (Phi) is 5.99. The van der Waals surface area contributed by atoms with E-state index in [1.165, 1.54) is 0 Å². The van der Waals surface area contributed by atoms with Gasteiger partial charge in [-0.2, -0.15) is 0 Å². The van der Waals surface area contributed by atoms with Gasteiger partial charge in [-0.1, -0.05) is 18.9 Å². The van der Waals surface area contributed by atoms with E-state index in [-0.39, 0.29) is 11.9 Å². The molecule has 0 radical (unpaired) electrons. The quantitative estimate of drug-likeness (QED) is 0.809. The third-order valence-electron chi connectivity index (χ3n) is 5.76. The molecule has 1 atom stereocenters. The van der Waals surface area contributed by atoms with E-state index in [1.807, 2.05) is 11.0 Å². The first kappa shape index (κ1) is 19.3. The average Bonchev–Trinajstić information content (AvgIpc) is 3.05. The van der Waals surface area contributed by atoms with Crippen molar-refractivity contribution in [2.24, 2.45) is 11.7 Å². The van der Waals surface area contributed by atoms with Crippen LogP contribution in [0.5, 0.6) is 0 Å². The Morgan fingerprint density at radius 2 is 1.88 bits per heavy atom. The standard InChI is InChI=1S/C19H29N3O3S/c1-14(23)22-10-8-15-6-7-18(12-17(15)9-11-22)26(24,25)21-19(13-20)16-4-2-3-5-16/h6-7,12,16,19,21H,2-5,8-11,13,20H2,1H3. The smallest absolute Gasteiger partial charge is 0.240 e. The number of sulfonamides is 1. The molecule has 1 saturated carbocycles. The van der Waals surface area contributed by atoms with Crippen LogP contribution in [0.1, 0.15) is 43.7 Å². The van der Waals surface area contributed by atoms with Crippen molar-refractivity contribution in [2.75, 3.05) is 19.6 Å². The van der Waals surface area contributed by atoms with Gasteiger partial charge in [0.05, 0.1) is 4.90 Å². The first-order valence-electron chi connectivity index (χ1n) is 9.50. The van der Waals surface area contributed by atoms with Crippen molar-refractivity contribution in [3.05, 3.63) is 29.3 Å². The molecule has 0 bridgehead atoms. The molecule has 3 rings (SSSR count). The first-order chi connectivity index (χ1) is 12.4. The summed E-state index contributed by atoms with van der Waals surface area (Å²) in [5, 5.41) is 0. The third-order valence-corrected chi connectivity index (χ3v) is 7.25. The molecule has 1 aliphatic carbocycles. The third kappa shape index (κ3) is 4.27. The molecule has 144 valence electrons. The molecule has 2 aliphatic rings. The molecule has 1 heterocycles. The van der Waals surface area contributed by atoms with Gasteiger partial charge >= 0.3 is 0 Å². The maximum Gasteiger partial charge on any atom is 0.240 e. The zero-order valence-electron chi connectivity index (χ0n) is 15.4. The predicted octanol–water partition coefficient (Wildman–Crippen LogP) is 1.43. The van der Waals surface area contributed by atoms with Gasteiger partial charge in [0.25, 0.3) is 0 Å². The molecular weight excluding hydrogens is 350 g/mol. The van der Waals surface area contributed by atoms with Gasteiger partial charge in [-0.3, -0.25) is 4.79 Å². The minimum absolute atomic E-state index is 0.0645. The Hall–Kier alpha value is -1.44. The summed E-state index contributed by atoms with van der Waals surface area (Å²) in [6, 6.07) is 5.13. The topological polar surface area (TPSA) is 92.5 Å². The van der Waals surface area contributed by atoms with Crippen LogP contribution in [0.3, 0.4) is 0 Å². The molecule has 1 fully saturated rings. The fourth-order valence-electron chi connectivity index (χ4n) is 4.15. The van der Waals surface area contributed by atoms with Gasteiger partial charge in [0.1, 0.15) is 0 Å². The minimum Gasteiger partial charge on any atom is -0.342 e. The van der Waals surface area contributed by atoms with Gasteiger partial charge in [0, 0.05) is 32.6 Å². The molecule has 3 N–H and O–H groups in total. The molecule has 0 spiro atoms. The van der Waals surface area contributed by atoms with Gasteiger partial charge < -0.3 is 10.6 Å². The number of carbonyl (C=O) groups is 1. The van der Waals surface area contributed by atoms with Crippen molar-refractivity contribution in [1.29, 1.82) is 0 Å². The number of nitrogens with zero attached hydrogens (tertiary/aromatic N) is 1. The average molecular weight is 380 g/mol. The second-order valence-electron chi connectivity index (χ2n) is 7.44. The molecule has 1 aromatic carbocycles. The molecule has 7 heteroatoms. The van der Waals surface area contributed by atoms with Crippen LogP contribution in [-0.2, 0) is 27.7 Å². The highest BCUT2D eigenvalue weighted by molar-refractivity contribution is 7.89. The van der Waals surface area contributed by atoms with Gasteiger partial charge in [-0.25, -0.2) is 13.1 Å². The molecule has 1 unspecified atom stereocenters. The Morgan fingerprint density at radius 3 is 2.50 bits per heavy atom. The summed E-state index contributed by atoms with van der Waals surface area (Å²) in [5.41, 5.74) is 7.99. The summed E-state index contributed by atoms with van der Waals surface area (Å²) in [7, 11) is -3.59. The highest BCUT2D eigenvalue weighted by Gasteiger charge is 2.29. The van der Waals surface area contributed by atoms with E-state index >= 15 is 0 Å². The van der Waals surface area contributed by atoms with E-state index in [2.05, 4.69) is 4.72 Å². The van der Waals surface area contributed by atoms with Crippen molar-refractivity contribution >= 4 is 15.9 Å². The van der Waals surface area contributed by atoms with E-state index in [9.17, 15) is 13.2 Å². The Bertz CT molecular complexity index is 757. The van der Waals surface area contributed by atoms with Crippen molar-refractivity contribution in [3.63, 3.8) is 0 Å². The Labute approximate surface area is 156 Å². The van der Waals surface area contributed by atoms with E-state index < -0.39 is 10.0 Å². The van der Waals surface area contributed by atoms with Crippen LogP contribution in [0.4, 0.5) is 0 Å². The van der Waals surface area contributed by atoms with Crippen molar-refractivity contribution in [3.8, 4) is 0 Å². The lowest BCUT2D eigenvalue weighted by atomic mass is 9.99. The monoisotopic (exact) mass is 379 g/mol. The van der Waals surface area contributed by atoms with Crippen LogP contribution in [0, 0.1) is 5.92 Å². The molecular formula is C19H29N3O3S. The zero-order chi connectivity index (χ0) is 18.7. The number of rotatable bonds is 5. The number of carbonyl (C=O) groups excluding carboxylic acids is 1. The van der Waals surface area contributed by atoms with Crippen molar-refractivity contribution in [1.82, 2.24) is 9.62 Å². The maximum atomic E-state index is 12.9. The normalized spacial score (nSPS) is 19.8. The molecule has 0 saturated heterocycles. The summed E-state index contributed by atoms with van der Waals surface area (Å²) in [5.74, 6) is 0.398. The first-order valence-corrected chi connectivity index (χ1v) is 11.0. The summed E-state index contributed by atoms with van der Waals surface area (Å²) in [6.07, 6.45) is 5.81. The lowest BCUT2D eigenvalue weighted by Gasteiger charge is -2.23. The lowest BCUT2D eigenvalue weighted by molar-refractivity contribution is -0.128. The van der Waals surface area contributed by atoms with E-state index in [0.29, 0.717) is 36.9 Å². The number of benzene rings is 1. The second-order valence-corrected chi connectivity index (χ2v) is 9.16. The SMILES string of the molecule is CC(=O)N1CCc2ccc(S(=O)(=O)NC(CN)C3CCCC3)cc2CC1. The van der Waals surface area contributed by atoms with Gasteiger partial charge in [-0.15, -0.1) is 0 Å². The summed E-state index contributed by atoms with van der Waals surface area (Å²) in [6.45, 7) is 3.21. The Balaban J connectivity index is 1.78. The number of hydrogen-bond acceptors (Lipinski definition) is 4.